The molecule has 0 aliphatic carbocycles. The van der Waals surface area contributed by atoms with Crippen LogP contribution in [0.25, 0.3) is 0 Å². The van der Waals surface area contributed by atoms with Crippen molar-refractivity contribution in [1.29, 1.82) is 0 Å². The Morgan fingerprint density at radius 3 is 0.984 bits per heavy atom. The zero-order chi connectivity index (χ0) is 48.9. The molecule has 0 heterocycles. The van der Waals surface area contributed by atoms with Gasteiger partial charge in [-0.3, -0.25) is 0 Å². The zero-order valence-electron chi connectivity index (χ0n) is 40.4. The van der Waals surface area contributed by atoms with Crippen molar-refractivity contribution in [3.8, 4) is 0 Å². The quantitative estimate of drug-likeness (QED) is 0.0112. The molecule has 0 aromatic carbocycles. The summed E-state index contributed by atoms with van der Waals surface area (Å²) < 4.78 is 0. The molecule has 0 amide bonds. The van der Waals surface area contributed by atoms with Gasteiger partial charge in [-0.15, -0.1) is 37.4 Å². The summed E-state index contributed by atoms with van der Waals surface area (Å²) in [6, 6.07) is 0. The van der Waals surface area contributed by atoms with Crippen LogP contribution < -0.4 is 0 Å². The van der Waals surface area contributed by atoms with Crippen LogP contribution in [0.2, 0.25) is 0 Å². The first kappa shape index (κ1) is 81.5. The average molecular weight is 986 g/mol. The van der Waals surface area contributed by atoms with Gasteiger partial charge in [0, 0.05) is 51.4 Å². The third-order valence-electron chi connectivity index (χ3n) is 9.76. The number of hydrogen-bond donors (Lipinski definition) is 7. The summed E-state index contributed by atoms with van der Waals surface area (Å²) in [5.74, 6) is 0.472. The molecule has 0 rings (SSSR count). The van der Waals surface area contributed by atoms with Crippen molar-refractivity contribution in [2.45, 2.75) is 202 Å². The predicted molar refractivity (Wildman–Crippen MR) is 266 cm³/mol. The van der Waals surface area contributed by atoms with Gasteiger partial charge in [-0.25, -0.2) is 0 Å². The van der Waals surface area contributed by atoms with Crippen molar-refractivity contribution >= 4 is 75.8 Å². The number of unbranched alkanes of at least 4 members (excludes halogenated alkanes) is 10. The second-order valence-corrected chi connectivity index (χ2v) is 23.4. The molecule has 7 N–H and O–H groups in total. The standard InChI is InChI=1S/C30H66OP2.C9H21P.K.6HNO2/c1-6-11-13-15-18-22-29(30(31,32)24-20-16-14-12-7-2)23-19-17-21-28-33(25-8-3,26-9-4)27-10-5;1-4-7-10(8-5-2)9-6-3;;6*2-1-3/h29,31,33H,6-28,32H2,1-5H3;4-9H2,1-3H3;;6*(H,2,3). The van der Waals surface area contributed by atoms with Crippen LogP contribution in [0.5, 0.6) is 0 Å². The molecule has 0 aromatic rings. The van der Waals surface area contributed by atoms with Crippen LogP contribution in [0, 0.1) is 35.4 Å². The van der Waals surface area contributed by atoms with Gasteiger partial charge in [0.05, 0.1) is 0 Å². The van der Waals surface area contributed by atoms with Crippen LogP contribution in [-0.4, -0.2) is 136 Å². The third kappa shape index (κ3) is 79.7. The molecule has 62 heavy (non-hydrogen) atoms. The van der Waals surface area contributed by atoms with Crippen molar-refractivity contribution in [1.82, 2.24) is 0 Å². The molecule has 19 nitrogen and oxygen atoms in total. The van der Waals surface area contributed by atoms with Gasteiger partial charge in [-0.1, -0.05) is 60.3 Å². The Hall–Kier alpha value is -0.714. The molecule has 0 aromatic heterocycles. The molecular formula is C39H93KN6O13P3. The Kier molecular flexibility index (Phi) is 102. The van der Waals surface area contributed by atoms with Crippen molar-refractivity contribution in [2.75, 3.05) is 43.1 Å². The van der Waals surface area contributed by atoms with E-state index < -0.39 is 12.6 Å². The number of hydrogen-bond acceptors (Lipinski definition) is 13. The smallest absolute Gasteiger partial charge is 0.379 e. The first-order valence-electron chi connectivity index (χ1n) is 22.3. The molecule has 0 bridgehead atoms. The van der Waals surface area contributed by atoms with Crippen molar-refractivity contribution in [3.63, 3.8) is 0 Å². The van der Waals surface area contributed by atoms with Crippen molar-refractivity contribution in [2.24, 2.45) is 38.0 Å². The number of aliphatic hydroxyl groups is 1. The van der Waals surface area contributed by atoms with Crippen molar-refractivity contribution < 1.29 is 36.4 Å². The van der Waals surface area contributed by atoms with Gasteiger partial charge in [0.1, 0.15) is 0 Å². The van der Waals surface area contributed by atoms with E-state index in [1.54, 1.807) is 24.6 Å². The van der Waals surface area contributed by atoms with E-state index in [0.29, 0.717) is 13.8 Å². The van der Waals surface area contributed by atoms with Crippen molar-refractivity contribution in [3.05, 3.63) is 29.4 Å². The molecule has 23 heteroatoms. The normalized spacial score (nSPS) is 11.1. The van der Waals surface area contributed by atoms with E-state index in [0.717, 1.165) is 6.42 Å². The van der Waals surface area contributed by atoms with Crippen LogP contribution >= 0.6 is 24.4 Å². The van der Waals surface area contributed by atoms with E-state index in [-0.39, 0.29) is 51.4 Å². The number of nitrogens with zero attached hydrogens (tertiary/aromatic N) is 6. The van der Waals surface area contributed by atoms with E-state index in [2.05, 4.69) is 64.6 Å². The Morgan fingerprint density at radius 2 is 0.710 bits per heavy atom. The van der Waals surface area contributed by atoms with Gasteiger partial charge < -0.3 is 31.2 Å². The van der Waals surface area contributed by atoms with E-state index in [4.69, 9.17) is 60.7 Å². The molecule has 3 unspecified atom stereocenters. The second kappa shape index (κ2) is 77.5. The summed E-state index contributed by atoms with van der Waals surface area (Å²) in [7, 11) is 2.32. The molecule has 0 saturated heterocycles. The molecule has 373 valence electrons. The van der Waals surface area contributed by atoms with Crippen LogP contribution in [0.4, 0.5) is 0 Å². The second-order valence-electron chi connectivity index (χ2n) is 14.7. The minimum Gasteiger partial charge on any atom is -0.379 e. The molecule has 0 fully saturated rings. The van der Waals surface area contributed by atoms with E-state index in [1.807, 2.05) is 0 Å². The number of rotatable bonds is 31. The monoisotopic (exact) mass is 986 g/mol. The maximum atomic E-state index is 11.4. The molecule has 0 aliphatic heterocycles. The van der Waals surface area contributed by atoms with E-state index in [1.165, 1.54) is 185 Å². The Balaban J connectivity index is -0.000000112. The van der Waals surface area contributed by atoms with Gasteiger partial charge in [0.2, 0.25) is 0 Å². The Morgan fingerprint density at radius 1 is 0.435 bits per heavy atom. The van der Waals surface area contributed by atoms with Crippen LogP contribution in [0.3, 0.4) is 0 Å². The molecule has 1 radical (unpaired) electrons. The minimum atomic E-state index is -1.03. The van der Waals surface area contributed by atoms with Crippen LogP contribution in [0.1, 0.15) is 197 Å². The van der Waals surface area contributed by atoms with Crippen LogP contribution in [0.15, 0.2) is 32.0 Å². The summed E-state index contributed by atoms with van der Waals surface area (Å²) in [6.07, 6.45) is 39.8. The van der Waals surface area contributed by atoms with E-state index in [9.17, 15) is 5.11 Å². The fourth-order valence-electron chi connectivity index (χ4n) is 7.55. The predicted octanol–water partition coefficient (Wildman–Crippen LogP) is 14.6. The first-order chi connectivity index (χ1) is 29.2. The average Bonchev–Trinajstić information content (AvgIpc) is 3.19. The summed E-state index contributed by atoms with van der Waals surface area (Å²) >= 11 is 0. The third-order valence-corrected chi connectivity index (χ3v) is 19.9. The maximum absolute atomic E-state index is 11.4. The van der Waals surface area contributed by atoms with Gasteiger partial charge in [0.15, 0.2) is 32.0 Å². The minimum absolute atomic E-state index is 0. The zero-order valence-corrected chi connectivity index (χ0v) is 46.5. The first-order valence-corrected chi connectivity index (χ1v) is 27.6. The Labute approximate surface area is 421 Å². The van der Waals surface area contributed by atoms with Gasteiger partial charge in [-0.2, -0.15) is 0 Å². The van der Waals surface area contributed by atoms with Crippen LogP contribution in [-0.2, 0) is 0 Å². The SMILES string of the molecule is CCCCCCCC(CCCCC[PH](CCC)(CCC)CCC)C(O)(P)CCCCCCC.CCCP(CCC)CCC.O=NO.O=NO.O=NO.O=NO.O=NO.O=NO.[K]. The fraction of sp³-hybridized carbons (Fsp3) is 1.00. The molecule has 0 saturated carbocycles. The van der Waals surface area contributed by atoms with Gasteiger partial charge in [-0.05, 0) is 18.5 Å². The Bertz CT molecular complexity index is 782. The fourth-order valence-corrected chi connectivity index (χ4v) is 16.3. The molecule has 0 aliphatic rings. The topological polar surface area (TPSA) is 318 Å². The van der Waals surface area contributed by atoms with Gasteiger partial charge in [0.25, 0.3) is 0 Å². The van der Waals surface area contributed by atoms with E-state index >= 15 is 0 Å². The van der Waals surface area contributed by atoms with Gasteiger partial charge >= 0.3 is 194 Å². The summed E-state index contributed by atoms with van der Waals surface area (Å²) in [6.45, 7) is 18.7. The summed E-state index contributed by atoms with van der Waals surface area (Å²) in [5.41, 5.74) is 0. The molecule has 3 atom stereocenters. The summed E-state index contributed by atoms with van der Waals surface area (Å²) in [5, 5.41) is 58.2. The summed E-state index contributed by atoms with van der Waals surface area (Å²) in [4.78, 5) is 48.7. The molecular weight excluding hydrogens is 892 g/mol. The molecule has 0 spiro atoms.